The van der Waals surface area contributed by atoms with Gasteiger partial charge in [0.1, 0.15) is 12.5 Å². The standard InChI is InChI=1S/C15H19N3O4.ClH/c1-9-3-2-4-10(5-9)17-13(19)7-14(20)18-11-6-12(15(21)22)16-8-11;/h2-5,11-12,16H,6-8H2,1H3,(H,17,19)(H,18,20)(H,21,22);1H/t11-,12-;/m0./s1. The maximum Gasteiger partial charge on any atom is 0.320 e. The van der Waals surface area contributed by atoms with Gasteiger partial charge in [-0.25, -0.2) is 0 Å². The van der Waals surface area contributed by atoms with Gasteiger partial charge in [-0.2, -0.15) is 0 Å². The number of aryl methyl sites for hydroxylation is 1. The van der Waals surface area contributed by atoms with Gasteiger partial charge in [0.2, 0.25) is 11.8 Å². The molecule has 23 heavy (non-hydrogen) atoms. The van der Waals surface area contributed by atoms with Crippen LogP contribution in [0.5, 0.6) is 0 Å². The molecule has 126 valence electrons. The third-order valence-electron chi connectivity index (χ3n) is 3.42. The van der Waals surface area contributed by atoms with Crippen molar-refractivity contribution >= 4 is 35.9 Å². The van der Waals surface area contributed by atoms with Gasteiger partial charge >= 0.3 is 5.97 Å². The van der Waals surface area contributed by atoms with E-state index in [2.05, 4.69) is 16.0 Å². The number of carbonyl (C=O) groups is 3. The molecule has 0 aliphatic carbocycles. The number of hydrogen-bond donors (Lipinski definition) is 4. The zero-order chi connectivity index (χ0) is 16.1. The van der Waals surface area contributed by atoms with E-state index in [0.717, 1.165) is 5.56 Å². The summed E-state index contributed by atoms with van der Waals surface area (Å²) in [5.41, 5.74) is 1.66. The molecule has 0 saturated carbocycles. The maximum absolute atomic E-state index is 11.8. The minimum absolute atomic E-state index is 0. The predicted molar refractivity (Wildman–Crippen MR) is 87.6 cm³/mol. The van der Waals surface area contributed by atoms with Crippen molar-refractivity contribution in [1.29, 1.82) is 0 Å². The number of benzene rings is 1. The number of aliphatic carboxylic acids is 1. The molecular weight excluding hydrogens is 322 g/mol. The van der Waals surface area contributed by atoms with Crippen LogP contribution in [0, 0.1) is 6.92 Å². The Morgan fingerprint density at radius 2 is 2.04 bits per heavy atom. The lowest BCUT2D eigenvalue weighted by Crippen LogP contribution is -2.37. The SMILES string of the molecule is Cc1cccc(NC(=O)CC(=O)N[C@@H]2CN[C@H](C(=O)O)C2)c1.Cl. The Bertz CT molecular complexity index is 594. The molecule has 0 radical (unpaired) electrons. The van der Waals surface area contributed by atoms with Crippen LogP contribution in [0.4, 0.5) is 5.69 Å². The molecular formula is C15H20ClN3O4. The van der Waals surface area contributed by atoms with Crippen LogP contribution in [0.1, 0.15) is 18.4 Å². The van der Waals surface area contributed by atoms with E-state index in [-0.39, 0.29) is 24.9 Å². The summed E-state index contributed by atoms with van der Waals surface area (Å²) >= 11 is 0. The highest BCUT2D eigenvalue weighted by Gasteiger charge is 2.30. The highest BCUT2D eigenvalue weighted by atomic mass is 35.5. The number of rotatable bonds is 5. The lowest BCUT2D eigenvalue weighted by atomic mass is 10.1. The van der Waals surface area contributed by atoms with Gasteiger partial charge in [0.25, 0.3) is 0 Å². The van der Waals surface area contributed by atoms with E-state index in [1.165, 1.54) is 0 Å². The monoisotopic (exact) mass is 341 g/mol. The van der Waals surface area contributed by atoms with Gasteiger partial charge in [-0.1, -0.05) is 12.1 Å². The fourth-order valence-electron chi connectivity index (χ4n) is 2.39. The van der Waals surface area contributed by atoms with Crippen LogP contribution in [0.2, 0.25) is 0 Å². The topological polar surface area (TPSA) is 108 Å². The fourth-order valence-corrected chi connectivity index (χ4v) is 2.39. The zero-order valence-corrected chi connectivity index (χ0v) is 13.5. The Labute approximate surface area is 140 Å². The summed E-state index contributed by atoms with van der Waals surface area (Å²) in [7, 11) is 0. The van der Waals surface area contributed by atoms with Crippen LogP contribution >= 0.6 is 12.4 Å². The Hall–Kier alpha value is -2.12. The normalized spacial score (nSPS) is 19.5. The lowest BCUT2D eigenvalue weighted by Gasteiger charge is -2.11. The number of nitrogens with one attached hydrogen (secondary N) is 3. The highest BCUT2D eigenvalue weighted by Crippen LogP contribution is 2.10. The molecule has 4 N–H and O–H groups in total. The zero-order valence-electron chi connectivity index (χ0n) is 12.7. The predicted octanol–water partition coefficient (Wildman–Crippen LogP) is 0.677. The Kier molecular flexibility index (Phi) is 6.99. The second kappa shape index (κ2) is 8.50. The smallest absolute Gasteiger partial charge is 0.320 e. The molecule has 2 rings (SSSR count). The highest BCUT2D eigenvalue weighted by molar-refractivity contribution is 6.03. The number of amides is 2. The van der Waals surface area contributed by atoms with Gasteiger partial charge in [-0.15, -0.1) is 12.4 Å². The van der Waals surface area contributed by atoms with Gasteiger partial charge in [-0.05, 0) is 31.0 Å². The Morgan fingerprint density at radius 3 is 2.65 bits per heavy atom. The first kappa shape index (κ1) is 18.9. The number of carbonyl (C=O) groups excluding carboxylic acids is 2. The molecule has 1 aliphatic rings. The van der Waals surface area contributed by atoms with E-state index < -0.39 is 23.8 Å². The van der Waals surface area contributed by atoms with Crippen molar-refractivity contribution in [2.75, 3.05) is 11.9 Å². The first-order valence-corrected chi connectivity index (χ1v) is 7.06. The molecule has 1 aliphatic heterocycles. The Morgan fingerprint density at radius 1 is 1.30 bits per heavy atom. The van der Waals surface area contributed by atoms with Crippen LogP contribution in [0.3, 0.4) is 0 Å². The summed E-state index contributed by atoms with van der Waals surface area (Å²) in [5, 5.41) is 17.0. The summed E-state index contributed by atoms with van der Waals surface area (Å²) in [4.78, 5) is 34.4. The number of carboxylic acids is 1. The van der Waals surface area contributed by atoms with Gasteiger partial charge in [0.15, 0.2) is 0 Å². The molecule has 1 heterocycles. The van der Waals surface area contributed by atoms with E-state index in [9.17, 15) is 14.4 Å². The molecule has 2 atom stereocenters. The number of halogens is 1. The first-order valence-electron chi connectivity index (χ1n) is 7.06. The largest absolute Gasteiger partial charge is 0.480 e. The second-order valence-electron chi connectivity index (χ2n) is 5.39. The quantitative estimate of drug-likeness (QED) is 0.589. The molecule has 0 spiro atoms. The van der Waals surface area contributed by atoms with Gasteiger partial charge < -0.3 is 21.1 Å². The molecule has 8 heteroatoms. The molecule has 0 aromatic heterocycles. The number of anilines is 1. The van der Waals surface area contributed by atoms with Crippen molar-refractivity contribution in [2.24, 2.45) is 0 Å². The lowest BCUT2D eigenvalue weighted by molar-refractivity contribution is -0.139. The van der Waals surface area contributed by atoms with E-state index in [1.54, 1.807) is 6.07 Å². The molecule has 1 fully saturated rings. The number of carboxylic acid groups (broad SMARTS) is 1. The van der Waals surface area contributed by atoms with E-state index >= 15 is 0 Å². The van der Waals surface area contributed by atoms with Gasteiger partial charge in [0, 0.05) is 18.3 Å². The molecule has 2 amide bonds. The molecule has 0 unspecified atom stereocenters. The van der Waals surface area contributed by atoms with Crippen molar-refractivity contribution in [3.8, 4) is 0 Å². The van der Waals surface area contributed by atoms with Crippen molar-refractivity contribution < 1.29 is 19.5 Å². The van der Waals surface area contributed by atoms with Crippen LogP contribution in [-0.2, 0) is 14.4 Å². The van der Waals surface area contributed by atoms with Crippen LogP contribution < -0.4 is 16.0 Å². The molecule has 7 nitrogen and oxygen atoms in total. The molecule has 0 bridgehead atoms. The minimum atomic E-state index is -0.936. The number of hydrogen-bond acceptors (Lipinski definition) is 4. The average molecular weight is 342 g/mol. The van der Waals surface area contributed by atoms with Gasteiger partial charge in [0.05, 0.1) is 0 Å². The van der Waals surface area contributed by atoms with Gasteiger partial charge in [-0.3, -0.25) is 14.4 Å². The Balaban J connectivity index is 0.00000264. The third kappa shape index (κ3) is 5.88. The summed E-state index contributed by atoms with van der Waals surface area (Å²) in [5.74, 6) is -1.75. The maximum atomic E-state index is 11.8. The fraction of sp³-hybridized carbons (Fsp3) is 0.400. The van der Waals surface area contributed by atoms with Crippen LogP contribution in [0.15, 0.2) is 24.3 Å². The average Bonchev–Trinajstić information content (AvgIpc) is 2.86. The van der Waals surface area contributed by atoms with Crippen molar-refractivity contribution in [1.82, 2.24) is 10.6 Å². The van der Waals surface area contributed by atoms with Crippen molar-refractivity contribution in [3.05, 3.63) is 29.8 Å². The summed E-state index contributed by atoms with van der Waals surface area (Å²) < 4.78 is 0. The molecule has 1 saturated heterocycles. The minimum Gasteiger partial charge on any atom is -0.480 e. The third-order valence-corrected chi connectivity index (χ3v) is 3.42. The molecule has 1 aromatic carbocycles. The van der Waals surface area contributed by atoms with Crippen LogP contribution in [0.25, 0.3) is 0 Å². The second-order valence-corrected chi connectivity index (χ2v) is 5.39. The van der Waals surface area contributed by atoms with Crippen molar-refractivity contribution in [2.45, 2.75) is 31.8 Å². The van der Waals surface area contributed by atoms with Crippen molar-refractivity contribution in [3.63, 3.8) is 0 Å². The van der Waals surface area contributed by atoms with E-state index in [1.807, 2.05) is 25.1 Å². The van der Waals surface area contributed by atoms with Crippen LogP contribution in [-0.4, -0.2) is 41.5 Å². The van der Waals surface area contributed by atoms with E-state index in [4.69, 9.17) is 5.11 Å². The van der Waals surface area contributed by atoms with E-state index in [0.29, 0.717) is 18.7 Å². The summed E-state index contributed by atoms with van der Waals surface area (Å²) in [6.45, 7) is 2.30. The summed E-state index contributed by atoms with van der Waals surface area (Å²) in [6.07, 6.45) is 0.0305. The molecule has 1 aromatic rings. The first-order chi connectivity index (χ1) is 10.4. The summed E-state index contributed by atoms with van der Waals surface area (Å²) in [6, 6.07) is 6.39.